The number of hydrogen-bond donors (Lipinski definition) is 0. The molecule has 2 bridgehead atoms. The lowest BCUT2D eigenvalue weighted by atomic mass is 9.81. The summed E-state index contributed by atoms with van der Waals surface area (Å²) in [7, 11) is 0. The van der Waals surface area contributed by atoms with Crippen molar-refractivity contribution >= 4 is 5.71 Å². The van der Waals surface area contributed by atoms with Crippen molar-refractivity contribution in [2.45, 2.75) is 38.7 Å². The Balaban J connectivity index is 1.40. The Hall–Kier alpha value is -1.31. The maximum atomic E-state index is 5.59. The largest absolute Gasteiger partial charge is 0.391 e. The van der Waals surface area contributed by atoms with Gasteiger partial charge in [0.15, 0.2) is 0 Å². The minimum Gasteiger partial charge on any atom is -0.391 e. The Kier molecular flexibility index (Phi) is 2.82. The quantitative estimate of drug-likeness (QED) is 0.748. The average molecular weight is 255 g/mol. The van der Waals surface area contributed by atoms with Crippen LogP contribution < -0.4 is 0 Å². The molecule has 0 radical (unpaired) electrons. The molecular formula is C17H21NO. The lowest BCUT2D eigenvalue weighted by Gasteiger charge is -2.25. The van der Waals surface area contributed by atoms with Gasteiger partial charge in [-0.15, -0.1) is 0 Å². The zero-order valence-electron chi connectivity index (χ0n) is 11.3. The summed E-state index contributed by atoms with van der Waals surface area (Å²) in [5, 5.41) is 4.48. The van der Waals surface area contributed by atoms with E-state index in [0.29, 0.717) is 6.61 Å². The van der Waals surface area contributed by atoms with E-state index in [1.165, 1.54) is 43.4 Å². The average Bonchev–Trinajstić information content (AvgIpc) is 3.12. The Bertz CT molecular complexity index is 481. The highest BCUT2D eigenvalue weighted by molar-refractivity contribution is 5.90. The first kappa shape index (κ1) is 11.5. The molecule has 3 aliphatic carbocycles. The van der Waals surface area contributed by atoms with Crippen LogP contribution in [0.25, 0.3) is 0 Å². The van der Waals surface area contributed by atoms with Crippen LogP contribution >= 0.6 is 0 Å². The fourth-order valence-corrected chi connectivity index (χ4v) is 4.68. The first-order chi connectivity index (χ1) is 9.42. The molecular weight excluding hydrogens is 234 g/mol. The summed E-state index contributed by atoms with van der Waals surface area (Å²) in [6.45, 7) is 0.607. The van der Waals surface area contributed by atoms with Crippen LogP contribution in [0.15, 0.2) is 35.5 Å². The molecule has 0 heterocycles. The van der Waals surface area contributed by atoms with E-state index in [9.17, 15) is 0 Å². The molecule has 4 unspecified atom stereocenters. The third kappa shape index (κ3) is 1.98. The molecule has 2 heteroatoms. The van der Waals surface area contributed by atoms with Crippen LogP contribution in [0.4, 0.5) is 0 Å². The number of benzene rings is 1. The van der Waals surface area contributed by atoms with Gasteiger partial charge in [-0.05, 0) is 49.0 Å². The van der Waals surface area contributed by atoms with Crippen LogP contribution in [0, 0.1) is 23.7 Å². The fourth-order valence-electron chi connectivity index (χ4n) is 4.68. The van der Waals surface area contributed by atoms with Crippen molar-refractivity contribution < 1.29 is 4.84 Å². The summed E-state index contributed by atoms with van der Waals surface area (Å²) < 4.78 is 0. The molecule has 3 aliphatic rings. The Morgan fingerprint density at radius 3 is 2.84 bits per heavy atom. The molecule has 0 aromatic heterocycles. The van der Waals surface area contributed by atoms with E-state index in [-0.39, 0.29) is 0 Å². The third-order valence-electron chi connectivity index (χ3n) is 5.46. The summed E-state index contributed by atoms with van der Waals surface area (Å²) in [6.07, 6.45) is 6.96. The van der Waals surface area contributed by atoms with E-state index >= 15 is 0 Å². The first-order valence-electron chi connectivity index (χ1n) is 7.64. The van der Waals surface area contributed by atoms with Gasteiger partial charge in [0, 0.05) is 5.92 Å². The minimum atomic E-state index is 0.607. The van der Waals surface area contributed by atoms with Crippen LogP contribution in [0.3, 0.4) is 0 Å². The van der Waals surface area contributed by atoms with Gasteiger partial charge >= 0.3 is 0 Å². The number of oxime groups is 1. The molecule has 4 atom stereocenters. The second kappa shape index (κ2) is 4.66. The molecule has 2 nitrogen and oxygen atoms in total. The summed E-state index contributed by atoms with van der Waals surface area (Å²) >= 11 is 0. The second-order valence-electron chi connectivity index (χ2n) is 6.41. The van der Waals surface area contributed by atoms with Crippen molar-refractivity contribution in [3.63, 3.8) is 0 Å². The van der Waals surface area contributed by atoms with Crippen molar-refractivity contribution in [3.8, 4) is 0 Å². The van der Waals surface area contributed by atoms with Gasteiger partial charge in [-0.25, -0.2) is 0 Å². The van der Waals surface area contributed by atoms with E-state index in [2.05, 4.69) is 17.3 Å². The van der Waals surface area contributed by atoms with Gasteiger partial charge in [-0.3, -0.25) is 0 Å². The van der Waals surface area contributed by atoms with E-state index in [1.807, 2.05) is 18.2 Å². The Morgan fingerprint density at radius 2 is 1.95 bits per heavy atom. The topological polar surface area (TPSA) is 21.6 Å². The molecule has 1 aromatic carbocycles. The number of hydrogen-bond acceptors (Lipinski definition) is 2. The number of nitrogens with zero attached hydrogens (tertiary/aromatic N) is 1. The van der Waals surface area contributed by atoms with Crippen molar-refractivity contribution in [1.29, 1.82) is 0 Å². The maximum Gasteiger partial charge on any atom is 0.142 e. The predicted molar refractivity (Wildman–Crippen MR) is 75.7 cm³/mol. The molecule has 1 aromatic rings. The van der Waals surface area contributed by atoms with E-state index < -0.39 is 0 Å². The molecule has 0 saturated heterocycles. The highest BCUT2D eigenvalue weighted by Crippen LogP contribution is 2.57. The molecule has 0 spiro atoms. The standard InChI is InChI=1S/C17H21NO/c1-2-5-12(6-3-1)11-19-18-17-10-13-9-16(17)15-8-4-7-14(13)15/h1-3,5-6,13-16H,4,7-11H2/b18-17+. The predicted octanol–water partition coefficient (Wildman–Crippen LogP) is 4.02. The fraction of sp³-hybridized carbons (Fsp3) is 0.588. The third-order valence-corrected chi connectivity index (χ3v) is 5.46. The van der Waals surface area contributed by atoms with Gasteiger partial charge in [-0.1, -0.05) is 41.9 Å². The van der Waals surface area contributed by atoms with Crippen LogP contribution in [0.5, 0.6) is 0 Å². The highest BCUT2D eigenvalue weighted by Gasteiger charge is 2.52. The van der Waals surface area contributed by atoms with Crippen LogP contribution in [-0.2, 0) is 11.4 Å². The summed E-state index contributed by atoms with van der Waals surface area (Å²) in [4.78, 5) is 5.59. The molecule has 3 saturated carbocycles. The molecule has 0 N–H and O–H groups in total. The lowest BCUT2D eigenvalue weighted by Crippen LogP contribution is -2.24. The van der Waals surface area contributed by atoms with Gasteiger partial charge in [0.25, 0.3) is 0 Å². The number of fused-ring (bicyclic) bond motifs is 5. The molecule has 19 heavy (non-hydrogen) atoms. The zero-order valence-corrected chi connectivity index (χ0v) is 11.3. The SMILES string of the molecule is c1ccc(CO/N=C2\CC3CC2C2CCCC32)cc1. The highest BCUT2D eigenvalue weighted by atomic mass is 16.6. The van der Waals surface area contributed by atoms with Gasteiger partial charge in [0.1, 0.15) is 6.61 Å². The van der Waals surface area contributed by atoms with Gasteiger partial charge in [0.2, 0.25) is 0 Å². The van der Waals surface area contributed by atoms with Gasteiger partial charge < -0.3 is 4.84 Å². The number of rotatable bonds is 3. The monoisotopic (exact) mass is 255 g/mol. The summed E-state index contributed by atoms with van der Waals surface area (Å²) in [6, 6.07) is 10.3. The normalized spacial score (nSPS) is 37.8. The zero-order chi connectivity index (χ0) is 12.7. The van der Waals surface area contributed by atoms with Gasteiger partial charge in [0.05, 0.1) is 5.71 Å². The minimum absolute atomic E-state index is 0.607. The van der Waals surface area contributed by atoms with Crippen molar-refractivity contribution in [3.05, 3.63) is 35.9 Å². The molecule has 100 valence electrons. The van der Waals surface area contributed by atoms with Crippen LogP contribution in [0.2, 0.25) is 0 Å². The smallest absolute Gasteiger partial charge is 0.142 e. The molecule has 4 rings (SSSR count). The van der Waals surface area contributed by atoms with E-state index in [4.69, 9.17) is 4.84 Å². The lowest BCUT2D eigenvalue weighted by molar-refractivity contribution is 0.127. The van der Waals surface area contributed by atoms with Crippen molar-refractivity contribution in [2.75, 3.05) is 0 Å². The summed E-state index contributed by atoms with van der Waals surface area (Å²) in [5.41, 5.74) is 2.57. The first-order valence-corrected chi connectivity index (χ1v) is 7.64. The molecule has 3 fully saturated rings. The van der Waals surface area contributed by atoms with E-state index in [1.54, 1.807) is 0 Å². The molecule has 0 aliphatic heterocycles. The van der Waals surface area contributed by atoms with Crippen LogP contribution in [0.1, 0.15) is 37.7 Å². The molecule has 0 amide bonds. The van der Waals surface area contributed by atoms with Crippen LogP contribution in [-0.4, -0.2) is 5.71 Å². The van der Waals surface area contributed by atoms with Crippen molar-refractivity contribution in [2.24, 2.45) is 28.8 Å². The van der Waals surface area contributed by atoms with Gasteiger partial charge in [-0.2, -0.15) is 0 Å². The second-order valence-corrected chi connectivity index (χ2v) is 6.41. The Morgan fingerprint density at radius 1 is 1.11 bits per heavy atom. The van der Waals surface area contributed by atoms with Crippen molar-refractivity contribution in [1.82, 2.24) is 0 Å². The Labute approximate surface area is 114 Å². The van der Waals surface area contributed by atoms with E-state index in [0.717, 1.165) is 23.7 Å². The summed E-state index contributed by atoms with van der Waals surface area (Å²) in [5.74, 6) is 3.65. The maximum absolute atomic E-state index is 5.59.